The van der Waals surface area contributed by atoms with E-state index in [9.17, 15) is 22.8 Å². The first kappa shape index (κ1) is 19.6. The van der Waals surface area contributed by atoms with Crippen LogP contribution in [-0.2, 0) is 4.74 Å². The van der Waals surface area contributed by atoms with Crippen molar-refractivity contribution in [3.63, 3.8) is 0 Å². The number of hydrogen-bond donors (Lipinski definition) is 3. The van der Waals surface area contributed by atoms with Gasteiger partial charge in [0.15, 0.2) is 0 Å². The molecule has 24 heavy (non-hydrogen) atoms. The fourth-order valence-corrected chi connectivity index (χ4v) is 1.73. The first-order valence-corrected chi connectivity index (χ1v) is 6.82. The van der Waals surface area contributed by atoms with E-state index < -0.39 is 30.8 Å². The number of hydrogen-bond acceptors (Lipinski definition) is 4. The minimum Gasteiger partial charge on any atom is -0.495 e. The van der Waals surface area contributed by atoms with Gasteiger partial charge in [0, 0.05) is 5.56 Å². The van der Waals surface area contributed by atoms with Crippen molar-refractivity contribution in [3.05, 3.63) is 23.8 Å². The van der Waals surface area contributed by atoms with E-state index in [-0.39, 0.29) is 23.6 Å². The van der Waals surface area contributed by atoms with Crippen molar-refractivity contribution in [2.75, 3.05) is 25.6 Å². The Morgan fingerprint density at radius 2 is 2.00 bits per heavy atom. The summed E-state index contributed by atoms with van der Waals surface area (Å²) in [6.45, 7) is -0.229. The topological polar surface area (TPSA) is 103 Å². The number of alkyl halides is 3. The molecule has 1 rings (SSSR count). The normalized spacial score (nSPS) is 12.4. The van der Waals surface area contributed by atoms with E-state index in [4.69, 9.17) is 10.5 Å². The molecule has 0 bridgehead atoms. The Hall–Kier alpha value is -2.49. The van der Waals surface area contributed by atoms with Crippen LogP contribution in [0.1, 0.15) is 17.3 Å². The molecule has 0 radical (unpaired) electrons. The number of carbonyl (C=O) groups excluding carboxylic acids is 2. The summed E-state index contributed by atoms with van der Waals surface area (Å²) in [6, 6.07) is 2.84. The van der Waals surface area contributed by atoms with Crippen LogP contribution in [0.25, 0.3) is 0 Å². The van der Waals surface area contributed by atoms with Crippen molar-refractivity contribution >= 4 is 17.6 Å². The number of anilines is 1. The van der Waals surface area contributed by atoms with Crippen LogP contribution in [0.15, 0.2) is 18.2 Å². The molecule has 0 fully saturated rings. The largest absolute Gasteiger partial charge is 0.495 e. The maximum absolute atomic E-state index is 12.0. The molecule has 0 aliphatic carbocycles. The molecular weight excluding hydrogens is 331 g/mol. The van der Waals surface area contributed by atoms with Crippen LogP contribution in [0, 0.1) is 0 Å². The average Bonchev–Trinajstić information content (AvgIpc) is 2.45. The number of rotatable bonds is 7. The second-order valence-corrected chi connectivity index (χ2v) is 4.91. The van der Waals surface area contributed by atoms with E-state index in [1.165, 1.54) is 32.2 Å². The third kappa shape index (κ3) is 6.73. The highest BCUT2D eigenvalue weighted by atomic mass is 19.4. The predicted molar refractivity (Wildman–Crippen MR) is 80.0 cm³/mol. The zero-order valence-corrected chi connectivity index (χ0v) is 13.1. The Bertz CT molecular complexity index is 593. The van der Waals surface area contributed by atoms with Gasteiger partial charge in [-0.2, -0.15) is 13.2 Å². The van der Waals surface area contributed by atoms with Crippen LogP contribution >= 0.6 is 0 Å². The Morgan fingerprint density at radius 1 is 1.33 bits per heavy atom. The second kappa shape index (κ2) is 8.39. The van der Waals surface area contributed by atoms with E-state index in [0.717, 1.165) is 0 Å². The number of carbonyl (C=O) groups is 2. The average molecular weight is 349 g/mol. The van der Waals surface area contributed by atoms with Gasteiger partial charge in [-0.15, -0.1) is 0 Å². The first-order valence-electron chi connectivity index (χ1n) is 6.82. The number of nitrogens with two attached hydrogens (primary N) is 1. The second-order valence-electron chi connectivity index (χ2n) is 4.91. The Balaban J connectivity index is 2.61. The van der Waals surface area contributed by atoms with Crippen molar-refractivity contribution in [2.45, 2.75) is 19.1 Å². The van der Waals surface area contributed by atoms with Gasteiger partial charge in [0.05, 0.1) is 25.4 Å². The molecule has 0 saturated carbocycles. The summed E-state index contributed by atoms with van der Waals surface area (Å²) in [5, 5.41) is 4.83. The SMILES string of the molecule is COc1ccc(C(N)=O)cc1NC(=O)N[C@H](C)COCC(F)(F)F. The van der Waals surface area contributed by atoms with Gasteiger partial charge in [-0.05, 0) is 25.1 Å². The monoisotopic (exact) mass is 349 g/mol. The highest BCUT2D eigenvalue weighted by Gasteiger charge is 2.27. The van der Waals surface area contributed by atoms with Crippen LogP contribution in [0.4, 0.5) is 23.7 Å². The van der Waals surface area contributed by atoms with Gasteiger partial charge in [0.1, 0.15) is 12.4 Å². The molecule has 3 amide bonds. The number of primary amides is 1. The molecule has 1 aromatic rings. The molecule has 4 N–H and O–H groups in total. The van der Waals surface area contributed by atoms with Crippen LogP contribution < -0.4 is 21.1 Å². The molecule has 0 heterocycles. The van der Waals surface area contributed by atoms with Crippen LogP contribution in [0.3, 0.4) is 0 Å². The quantitative estimate of drug-likeness (QED) is 0.699. The molecule has 7 nitrogen and oxygen atoms in total. The van der Waals surface area contributed by atoms with Crippen molar-refractivity contribution in [2.24, 2.45) is 5.73 Å². The number of halogens is 3. The van der Waals surface area contributed by atoms with E-state index >= 15 is 0 Å². The fraction of sp³-hybridized carbons (Fsp3) is 0.429. The smallest absolute Gasteiger partial charge is 0.411 e. The third-order valence-electron chi connectivity index (χ3n) is 2.74. The molecule has 0 aliphatic heterocycles. The van der Waals surface area contributed by atoms with Gasteiger partial charge < -0.3 is 25.8 Å². The summed E-state index contributed by atoms with van der Waals surface area (Å²) in [5.74, 6) is -0.397. The molecule has 0 aromatic heterocycles. The summed E-state index contributed by atoms with van der Waals surface area (Å²) in [5.41, 5.74) is 5.51. The van der Waals surface area contributed by atoms with Crippen LogP contribution in [0.2, 0.25) is 0 Å². The van der Waals surface area contributed by atoms with E-state index in [2.05, 4.69) is 15.4 Å². The van der Waals surface area contributed by atoms with Crippen molar-refractivity contribution in [3.8, 4) is 5.75 Å². The van der Waals surface area contributed by atoms with Gasteiger partial charge in [-0.1, -0.05) is 0 Å². The van der Waals surface area contributed by atoms with Gasteiger partial charge >= 0.3 is 12.2 Å². The molecule has 0 saturated heterocycles. The summed E-state index contributed by atoms with van der Waals surface area (Å²) < 4.78 is 45.4. The molecule has 0 aliphatic rings. The summed E-state index contributed by atoms with van der Waals surface area (Å²) in [6.07, 6.45) is -4.43. The number of benzene rings is 1. The highest BCUT2D eigenvalue weighted by molar-refractivity contribution is 5.97. The fourth-order valence-electron chi connectivity index (χ4n) is 1.73. The van der Waals surface area contributed by atoms with Gasteiger partial charge in [0.25, 0.3) is 0 Å². The zero-order valence-electron chi connectivity index (χ0n) is 13.1. The number of methoxy groups -OCH3 is 1. The minimum atomic E-state index is -4.43. The maximum atomic E-state index is 12.0. The molecule has 1 aromatic carbocycles. The number of nitrogens with one attached hydrogen (secondary N) is 2. The van der Waals surface area contributed by atoms with Crippen molar-refractivity contribution in [1.82, 2.24) is 5.32 Å². The standard InChI is InChI=1S/C14H18F3N3O4/c1-8(6-24-7-14(15,16)17)19-13(22)20-10-5-9(12(18)21)3-4-11(10)23-2/h3-5,8H,6-7H2,1-2H3,(H2,18,21)(H2,19,20,22)/t8-/m1/s1. The highest BCUT2D eigenvalue weighted by Crippen LogP contribution is 2.25. The van der Waals surface area contributed by atoms with Gasteiger partial charge in [-0.3, -0.25) is 4.79 Å². The lowest BCUT2D eigenvalue weighted by molar-refractivity contribution is -0.174. The minimum absolute atomic E-state index is 0.160. The summed E-state index contributed by atoms with van der Waals surface area (Å²) in [7, 11) is 1.37. The van der Waals surface area contributed by atoms with Gasteiger partial charge in [-0.25, -0.2) is 4.79 Å². The lowest BCUT2D eigenvalue weighted by atomic mass is 10.2. The molecule has 134 valence electrons. The van der Waals surface area contributed by atoms with Crippen molar-refractivity contribution in [1.29, 1.82) is 0 Å². The molecule has 0 unspecified atom stereocenters. The molecule has 0 spiro atoms. The first-order chi connectivity index (χ1) is 11.1. The zero-order chi connectivity index (χ0) is 18.3. The summed E-state index contributed by atoms with van der Waals surface area (Å²) >= 11 is 0. The van der Waals surface area contributed by atoms with Crippen LogP contribution in [-0.4, -0.2) is 44.5 Å². The van der Waals surface area contributed by atoms with E-state index in [0.29, 0.717) is 0 Å². The van der Waals surface area contributed by atoms with Crippen molar-refractivity contribution < 1.29 is 32.2 Å². The Kier molecular flexibility index (Phi) is 6.83. The Morgan fingerprint density at radius 3 is 2.54 bits per heavy atom. The number of urea groups is 1. The molecular formula is C14H18F3N3O4. The Labute approximate surface area is 136 Å². The molecule has 10 heteroatoms. The van der Waals surface area contributed by atoms with E-state index in [1.54, 1.807) is 0 Å². The lowest BCUT2D eigenvalue weighted by Crippen LogP contribution is -2.39. The number of ether oxygens (including phenoxy) is 2. The third-order valence-corrected chi connectivity index (χ3v) is 2.74. The number of amides is 3. The predicted octanol–water partition coefficient (Wildman–Crippen LogP) is 1.88. The van der Waals surface area contributed by atoms with Gasteiger partial charge in [0.2, 0.25) is 5.91 Å². The lowest BCUT2D eigenvalue weighted by Gasteiger charge is -2.17. The van der Waals surface area contributed by atoms with Crippen LogP contribution in [0.5, 0.6) is 5.75 Å². The van der Waals surface area contributed by atoms with E-state index in [1.807, 2.05) is 0 Å². The maximum Gasteiger partial charge on any atom is 0.411 e. The summed E-state index contributed by atoms with van der Waals surface area (Å²) in [4.78, 5) is 23.0. The molecule has 1 atom stereocenters.